The fourth-order valence-corrected chi connectivity index (χ4v) is 2.04. The van der Waals surface area contributed by atoms with Crippen LogP contribution in [0.25, 0.3) is 0 Å². The zero-order valence-electron chi connectivity index (χ0n) is 9.38. The molecule has 0 aliphatic rings. The van der Waals surface area contributed by atoms with Crippen molar-refractivity contribution in [1.82, 2.24) is 19.9 Å². The van der Waals surface area contributed by atoms with E-state index in [0.29, 0.717) is 17.8 Å². The summed E-state index contributed by atoms with van der Waals surface area (Å²) in [5, 5.41) is 6.75. The minimum absolute atomic E-state index is 0.117. The topological polar surface area (TPSA) is 67.8 Å². The molecule has 0 radical (unpaired) electrons. The quantitative estimate of drug-likeness (QED) is 0.888. The Hall–Kier alpha value is -1.82. The molecule has 1 amide bonds. The second kappa shape index (κ2) is 5.49. The van der Waals surface area contributed by atoms with Crippen LogP contribution in [0.4, 0.5) is 0 Å². The highest BCUT2D eigenvalue weighted by molar-refractivity contribution is 7.08. The fraction of sp³-hybridized carbons (Fsp3) is 0.273. The predicted molar refractivity (Wildman–Crippen MR) is 64.7 cm³/mol. The molecule has 0 aliphatic heterocycles. The lowest BCUT2D eigenvalue weighted by Gasteiger charge is -2.03. The third-order valence-electron chi connectivity index (χ3n) is 2.30. The minimum Gasteiger partial charge on any atom is -0.347 e. The maximum atomic E-state index is 11.9. The minimum atomic E-state index is -0.117. The molecule has 0 spiro atoms. The number of aromatic nitrogens is 3. The van der Waals surface area contributed by atoms with E-state index in [1.165, 1.54) is 0 Å². The number of carbonyl (C=O) groups excluding carboxylic acids is 1. The lowest BCUT2D eigenvalue weighted by Crippen LogP contribution is -2.22. The normalized spacial score (nSPS) is 10.2. The van der Waals surface area contributed by atoms with Crippen LogP contribution in [0.5, 0.6) is 0 Å². The Balaban J connectivity index is 1.98. The van der Waals surface area contributed by atoms with Gasteiger partial charge in [0, 0.05) is 18.9 Å². The Kier molecular flexibility index (Phi) is 3.77. The number of hydrogen-bond donors (Lipinski definition) is 1. The second-order valence-corrected chi connectivity index (χ2v) is 4.19. The summed E-state index contributed by atoms with van der Waals surface area (Å²) in [5.74, 6) is -0.117. The van der Waals surface area contributed by atoms with Crippen molar-refractivity contribution in [3.63, 3.8) is 0 Å². The van der Waals surface area contributed by atoms with Crippen LogP contribution in [0.3, 0.4) is 0 Å². The first kappa shape index (κ1) is 11.7. The van der Waals surface area contributed by atoms with Crippen molar-refractivity contribution in [3.8, 4) is 0 Å². The maximum Gasteiger partial charge on any atom is 0.265 e. The molecule has 0 saturated heterocycles. The molecule has 0 saturated carbocycles. The first-order valence-corrected chi connectivity index (χ1v) is 6.07. The standard InChI is InChI=1S/C11H12N4OS/c1-2-9-10(17-15-14-9)11(16)13-7-8-3-5-12-6-4-8/h3-6H,2,7H2,1H3,(H,13,16). The number of nitrogens with one attached hydrogen (secondary N) is 1. The van der Waals surface area contributed by atoms with Gasteiger partial charge in [-0.15, -0.1) is 5.10 Å². The summed E-state index contributed by atoms with van der Waals surface area (Å²) in [7, 11) is 0. The molecule has 0 fully saturated rings. The molecule has 0 atom stereocenters. The van der Waals surface area contributed by atoms with Crippen molar-refractivity contribution in [2.75, 3.05) is 0 Å². The highest BCUT2D eigenvalue weighted by atomic mass is 32.1. The van der Waals surface area contributed by atoms with Gasteiger partial charge in [-0.1, -0.05) is 11.4 Å². The van der Waals surface area contributed by atoms with Crippen molar-refractivity contribution in [1.29, 1.82) is 0 Å². The van der Waals surface area contributed by atoms with Crippen LogP contribution in [-0.4, -0.2) is 20.5 Å². The largest absolute Gasteiger partial charge is 0.347 e. The highest BCUT2D eigenvalue weighted by Crippen LogP contribution is 2.11. The van der Waals surface area contributed by atoms with Crippen molar-refractivity contribution in [2.45, 2.75) is 19.9 Å². The van der Waals surface area contributed by atoms with Gasteiger partial charge in [-0.05, 0) is 35.6 Å². The SMILES string of the molecule is CCc1nnsc1C(=O)NCc1ccncc1. The van der Waals surface area contributed by atoms with E-state index >= 15 is 0 Å². The molecule has 0 aliphatic carbocycles. The molecule has 17 heavy (non-hydrogen) atoms. The molecule has 0 unspecified atom stereocenters. The van der Waals surface area contributed by atoms with Gasteiger partial charge < -0.3 is 5.32 Å². The zero-order valence-corrected chi connectivity index (χ0v) is 10.2. The lowest BCUT2D eigenvalue weighted by atomic mass is 10.2. The van der Waals surface area contributed by atoms with Crippen molar-refractivity contribution < 1.29 is 4.79 Å². The van der Waals surface area contributed by atoms with Gasteiger partial charge in [-0.25, -0.2) is 0 Å². The van der Waals surface area contributed by atoms with E-state index in [-0.39, 0.29) is 5.91 Å². The summed E-state index contributed by atoms with van der Waals surface area (Å²) >= 11 is 1.13. The summed E-state index contributed by atoms with van der Waals surface area (Å²) in [6, 6.07) is 3.73. The van der Waals surface area contributed by atoms with Gasteiger partial charge in [-0.3, -0.25) is 9.78 Å². The van der Waals surface area contributed by atoms with E-state index < -0.39 is 0 Å². The van der Waals surface area contributed by atoms with Gasteiger partial charge in [0.15, 0.2) is 0 Å². The maximum absolute atomic E-state index is 11.9. The first-order valence-electron chi connectivity index (χ1n) is 5.29. The van der Waals surface area contributed by atoms with Gasteiger partial charge >= 0.3 is 0 Å². The molecule has 1 N–H and O–H groups in total. The molecular weight excluding hydrogens is 236 g/mol. The monoisotopic (exact) mass is 248 g/mol. The zero-order chi connectivity index (χ0) is 12.1. The number of amides is 1. The molecule has 88 valence electrons. The van der Waals surface area contributed by atoms with Crippen LogP contribution >= 0.6 is 11.5 Å². The molecule has 0 aromatic carbocycles. The Morgan fingerprint density at radius 3 is 2.88 bits per heavy atom. The third kappa shape index (κ3) is 2.85. The molecule has 2 aromatic heterocycles. The smallest absolute Gasteiger partial charge is 0.265 e. The van der Waals surface area contributed by atoms with Gasteiger partial charge in [-0.2, -0.15) is 0 Å². The van der Waals surface area contributed by atoms with Crippen molar-refractivity contribution in [2.24, 2.45) is 0 Å². The Labute approximate surface area is 103 Å². The number of rotatable bonds is 4. The molecular formula is C11H12N4OS. The molecule has 2 rings (SSSR count). The average Bonchev–Trinajstić information content (AvgIpc) is 2.85. The Bertz CT molecular complexity index is 497. The number of nitrogens with zero attached hydrogens (tertiary/aromatic N) is 3. The molecule has 2 heterocycles. The van der Waals surface area contributed by atoms with Crippen LogP contribution < -0.4 is 5.32 Å². The first-order chi connectivity index (χ1) is 8.31. The number of aryl methyl sites for hydroxylation is 1. The van der Waals surface area contributed by atoms with E-state index in [0.717, 1.165) is 22.8 Å². The van der Waals surface area contributed by atoms with Crippen LogP contribution in [0.1, 0.15) is 27.9 Å². The van der Waals surface area contributed by atoms with Gasteiger partial charge in [0.05, 0.1) is 5.69 Å². The number of carbonyl (C=O) groups is 1. The van der Waals surface area contributed by atoms with Crippen molar-refractivity contribution in [3.05, 3.63) is 40.7 Å². The third-order valence-corrected chi connectivity index (χ3v) is 3.07. The molecule has 5 nitrogen and oxygen atoms in total. The number of hydrogen-bond acceptors (Lipinski definition) is 5. The van der Waals surface area contributed by atoms with Crippen LogP contribution in [-0.2, 0) is 13.0 Å². The van der Waals surface area contributed by atoms with E-state index in [1.54, 1.807) is 12.4 Å². The summed E-state index contributed by atoms with van der Waals surface area (Å²) < 4.78 is 3.79. The Morgan fingerprint density at radius 1 is 1.41 bits per heavy atom. The van der Waals surface area contributed by atoms with E-state index in [1.807, 2.05) is 19.1 Å². The summed E-state index contributed by atoms with van der Waals surface area (Å²) in [4.78, 5) is 16.4. The van der Waals surface area contributed by atoms with Crippen molar-refractivity contribution >= 4 is 17.4 Å². The predicted octanol–water partition coefficient (Wildman–Crippen LogP) is 1.43. The van der Waals surface area contributed by atoms with Crippen LogP contribution in [0, 0.1) is 0 Å². The van der Waals surface area contributed by atoms with Gasteiger partial charge in [0.25, 0.3) is 5.91 Å². The average molecular weight is 248 g/mol. The summed E-state index contributed by atoms with van der Waals surface area (Å²) in [6.07, 6.45) is 4.12. The molecule has 6 heteroatoms. The van der Waals surface area contributed by atoms with E-state index in [4.69, 9.17) is 0 Å². The summed E-state index contributed by atoms with van der Waals surface area (Å²) in [5.41, 5.74) is 1.77. The van der Waals surface area contributed by atoms with E-state index in [2.05, 4.69) is 19.9 Å². The number of pyridine rings is 1. The molecule has 0 bridgehead atoms. The lowest BCUT2D eigenvalue weighted by molar-refractivity contribution is 0.0954. The molecule has 2 aromatic rings. The van der Waals surface area contributed by atoms with Gasteiger partial charge in [0.2, 0.25) is 0 Å². The fourth-order valence-electron chi connectivity index (χ4n) is 1.38. The van der Waals surface area contributed by atoms with Crippen LogP contribution in [0.2, 0.25) is 0 Å². The summed E-state index contributed by atoms with van der Waals surface area (Å²) in [6.45, 7) is 2.44. The second-order valence-electron chi connectivity index (χ2n) is 3.44. The van der Waals surface area contributed by atoms with Gasteiger partial charge in [0.1, 0.15) is 4.88 Å². The highest BCUT2D eigenvalue weighted by Gasteiger charge is 2.14. The Morgan fingerprint density at radius 2 is 2.18 bits per heavy atom. The van der Waals surface area contributed by atoms with E-state index in [9.17, 15) is 4.79 Å². The van der Waals surface area contributed by atoms with Crippen LogP contribution in [0.15, 0.2) is 24.5 Å².